The molecule has 1 N–H and O–H groups in total. The van der Waals surface area contributed by atoms with E-state index >= 15 is 4.39 Å². The van der Waals surface area contributed by atoms with Crippen LogP contribution in [0.25, 0.3) is 0 Å². The molecule has 2 fully saturated rings. The largest absolute Gasteiger partial charge is 0.492 e. The second kappa shape index (κ2) is 13.4. The highest BCUT2D eigenvalue weighted by molar-refractivity contribution is 5.74. The number of aliphatic imine (C=N–C) groups is 2. The predicted octanol–water partition coefficient (Wildman–Crippen LogP) is 4.48. The summed E-state index contributed by atoms with van der Waals surface area (Å²) in [5.41, 5.74) is 1.19. The van der Waals surface area contributed by atoms with Crippen molar-refractivity contribution in [2.75, 3.05) is 71.0 Å². The van der Waals surface area contributed by atoms with Crippen molar-refractivity contribution < 1.29 is 23.0 Å². The fourth-order valence-electron chi connectivity index (χ4n) is 6.13. The first kappa shape index (κ1) is 28.9. The van der Waals surface area contributed by atoms with Crippen LogP contribution in [0.4, 0.5) is 14.5 Å². The Hall–Kier alpha value is -3.18. The van der Waals surface area contributed by atoms with Gasteiger partial charge < -0.3 is 19.5 Å². The Kier molecular flexibility index (Phi) is 9.24. The number of ether oxygens (including phenoxy) is 3. The zero-order chi connectivity index (χ0) is 28.8. The number of hydrogen-bond acceptors (Lipinski definition) is 8. The van der Waals surface area contributed by atoms with Crippen LogP contribution in [0, 0.1) is 17.6 Å². The molecule has 0 aliphatic carbocycles. The normalized spacial score (nSPS) is 25.5. The summed E-state index contributed by atoms with van der Waals surface area (Å²) < 4.78 is 46.8. The number of halogens is 2. The Bertz CT molecular complexity index is 1290. The molecule has 4 aliphatic heterocycles. The first-order chi connectivity index (χ1) is 20.6. The molecule has 0 saturated carbocycles. The molecule has 4 heterocycles. The zero-order valence-corrected chi connectivity index (χ0v) is 23.9. The summed E-state index contributed by atoms with van der Waals surface area (Å²) in [6, 6.07) is 12.2. The van der Waals surface area contributed by atoms with E-state index in [1.54, 1.807) is 0 Å². The van der Waals surface area contributed by atoms with E-state index < -0.39 is 17.2 Å². The summed E-state index contributed by atoms with van der Waals surface area (Å²) in [6.45, 7) is 7.60. The van der Waals surface area contributed by atoms with Crippen LogP contribution in [0.2, 0.25) is 0 Å². The molecule has 0 aromatic heterocycles. The van der Waals surface area contributed by atoms with Gasteiger partial charge in [0.05, 0.1) is 19.8 Å². The minimum absolute atomic E-state index is 0.0700. The van der Waals surface area contributed by atoms with E-state index in [0.717, 1.165) is 82.0 Å². The van der Waals surface area contributed by atoms with Crippen LogP contribution < -0.4 is 10.1 Å². The fraction of sp³-hybridized carbons (Fsp3) is 0.500. The summed E-state index contributed by atoms with van der Waals surface area (Å²) in [4.78, 5) is 13.4. The third-order valence-corrected chi connectivity index (χ3v) is 8.55. The molecule has 10 heteroatoms. The first-order valence-electron chi connectivity index (χ1n) is 14.9. The van der Waals surface area contributed by atoms with Gasteiger partial charge in [-0.05, 0) is 61.7 Å². The zero-order valence-electron chi connectivity index (χ0n) is 23.9. The van der Waals surface area contributed by atoms with Gasteiger partial charge in [0.1, 0.15) is 35.9 Å². The Labute approximate surface area is 246 Å². The summed E-state index contributed by atoms with van der Waals surface area (Å²) in [5.74, 6) is -0.270. The Morgan fingerprint density at radius 1 is 1.00 bits per heavy atom. The maximum Gasteiger partial charge on any atom is 0.132 e. The predicted molar refractivity (Wildman–Crippen MR) is 159 cm³/mol. The third-order valence-electron chi connectivity index (χ3n) is 8.55. The second-order valence-electron chi connectivity index (χ2n) is 11.4. The highest BCUT2D eigenvalue weighted by Gasteiger charge is 2.41. The summed E-state index contributed by atoms with van der Waals surface area (Å²) in [6.07, 6.45) is 7.87. The smallest absolute Gasteiger partial charge is 0.132 e. The highest BCUT2D eigenvalue weighted by Crippen LogP contribution is 2.39. The third kappa shape index (κ3) is 7.06. The molecule has 6 rings (SSSR count). The molecule has 0 amide bonds. The number of piperidine rings is 1. The topological polar surface area (TPSA) is 70.9 Å². The number of rotatable bonds is 9. The molecule has 0 spiro atoms. The summed E-state index contributed by atoms with van der Waals surface area (Å²) in [7, 11) is 0. The molecule has 4 aliphatic rings. The van der Waals surface area contributed by atoms with Crippen molar-refractivity contribution in [1.82, 2.24) is 9.80 Å². The summed E-state index contributed by atoms with van der Waals surface area (Å²) >= 11 is 0. The molecule has 224 valence electrons. The van der Waals surface area contributed by atoms with Crippen LogP contribution in [0.5, 0.6) is 5.75 Å². The molecule has 0 bridgehead atoms. The van der Waals surface area contributed by atoms with Crippen LogP contribution in [0.15, 0.2) is 64.2 Å². The van der Waals surface area contributed by atoms with Gasteiger partial charge in [-0.1, -0.05) is 0 Å². The van der Waals surface area contributed by atoms with Gasteiger partial charge in [0.15, 0.2) is 0 Å². The lowest BCUT2D eigenvalue weighted by molar-refractivity contribution is -0.0625. The first-order valence-corrected chi connectivity index (χ1v) is 14.9. The van der Waals surface area contributed by atoms with Crippen molar-refractivity contribution in [2.24, 2.45) is 15.9 Å². The van der Waals surface area contributed by atoms with Gasteiger partial charge in [-0.15, -0.1) is 0 Å². The van der Waals surface area contributed by atoms with E-state index in [1.807, 2.05) is 24.4 Å². The number of nitrogens with zero attached hydrogens (tertiary/aromatic N) is 4. The van der Waals surface area contributed by atoms with Crippen LogP contribution in [0.3, 0.4) is 0 Å². The standard InChI is InChI=1S/C32H39F2N5O3/c33-25-1-6-29(30(34)19-25)32(20-31-24(21-42-32)7-10-35-23-36-31)22-39-11-8-27(9-12-39)37-26-2-4-28(5-3-26)41-18-15-38-13-16-40-17-14-38/h1-6,10,19-20,23-24,27,37H,7-9,11-18,21-22H2. The Balaban J connectivity index is 1.05. The van der Waals surface area contributed by atoms with Crippen molar-refractivity contribution in [3.05, 3.63) is 71.4 Å². The molecule has 0 radical (unpaired) electrons. The van der Waals surface area contributed by atoms with Gasteiger partial charge in [0, 0.05) is 80.5 Å². The van der Waals surface area contributed by atoms with Crippen molar-refractivity contribution in [3.8, 4) is 5.75 Å². The minimum Gasteiger partial charge on any atom is -0.492 e. The Morgan fingerprint density at radius 3 is 2.60 bits per heavy atom. The van der Waals surface area contributed by atoms with Crippen LogP contribution >= 0.6 is 0 Å². The molecule has 2 saturated heterocycles. The number of hydrogen-bond donors (Lipinski definition) is 1. The van der Waals surface area contributed by atoms with Crippen LogP contribution in [-0.4, -0.2) is 94.1 Å². The van der Waals surface area contributed by atoms with Crippen molar-refractivity contribution in [1.29, 1.82) is 0 Å². The average molecular weight is 580 g/mol. The molecule has 42 heavy (non-hydrogen) atoms. The monoisotopic (exact) mass is 579 g/mol. The van der Waals surface area contributed by atoms with Crippen molar-refractivity contribution in [3.63, 3.8) is 0 Å². The van der Waals surface area contributed by atoms with Crippen molar-refractivity contribution >= 4 is 18.2 Å². The SMILES string of the molecule is Fc1ccc(C2(CN3CCC(Nc4ccc(OCCN5CCOCC5)cc4)CC3)C=C3N=CN=CCC3CO2)c(F)c1. The number of anilines is 1. The number of morpholine rings is 1. The van der Waals surface area contributed by atoms with Gasteiger partial charge in [-0.3, -0.25) is 9.80 Å². The molecule has 2 atom stereocenters. The van der Waals surface area contributed by atoms with E-state index in [0.29, 0.717) is 37.8 Å². The van der Waals surface area contributed by atoms with E-state index in [1.165, 1.54) is 18.5 Å². The molecule has 2 unspecified atom stereocenters. The summed E-state index contributed by atoms with van der Waals surface area (Å²) in [5, 5.41) is 3.66. The van der Waals surface area contributed by atoms with Gasteiger partial charge >= 0.3 is 0 Å². The number of fused-ring (bicyclic) bond motifs is 1. The quantitative estimate of drug-likeness (QED) is 0.473. The van der Waals surface area contributed by atoms with Gasteiger partial charge in [0.25, 0.3) is 0 Å². The number of benzene rings is 2. The number of likely N-dealkylation sites (tertiary alicyclic amines) is 1. The van der Waals surface area contributed by atoms with Gasteiger partial charge in [0.2, 0.25) is 0 Å². The lowest BCUT2D eigenvalue weighted by Crippen LogP contribution is -2.49. The van der Waals surface area contributed by atoms with E-state index in [9.17, 15) is 4.39 Å². The number of nitrogens with one attached hydrogen (secondary N) is 1. The average Bonchev–Trinajstić information content (AvgIpc) is 3.24. The fourth-order valence-corrected chi connectivity index (χ4v) is 6.13. The van der Waals surface area contributed by atoms with Crippen molar-refractivity contribution in [2.45, 2.75) is 30.9 Å². The second-order valence-corrected chi connectivity index (χ2v) is 11.4. The Morgan fingerprint density at radius 2 is 1.81 bits per heavy atom. The van der Waals surface area contributed by atoms with Gasteiger partial charge in [-0.25, -0.2) is 18.8 Å². The lowest BCUT2D eigenvalue weighted by atomic mass is 9.85. The molecular formula is C32H39F2N5O3. The minimum atomic E-state index is -1.05. The van der Waals surface area contributed by atoms with E-state index in [2.05, 4.69) is 37.2 Å². The molecule has 2 aromatic rings. The molecule has 2 aromatic carbocycles. The van der Waals surface area contributed by atoms with Crippen LogP contribution in [-0.2, 0) is 15.1 Å². The maximum absolute atomic E-state index is 15.2. The van der Waals surface area contributed by atoms with E-state index in [4.69, 9.17) is 14.2 Å². The molecule has 8 nitrogen and oxygen atoms in total. The van der Waals surface area contributed by atoms with E-state index in [-0.39, 0.29) is 5.92 Å². The maximum atomic E-state index is 15.2. The van der Waals surface area contributed by atoms with Gasteiger partial charge in [-0.2, -0.15) is 0 Å². The molecular weight excluding hydrogens is 540 g/mol. The highest BCUT2D eigenvalue weighted by atomic mass is 19.1. The van der Waals surface area contributed by atoms with Crippen LogP contribution in [0.1, 0.15) is 24.8 Å². The lowest BCUT2D eigenvalue weighted by Gasteiger charge is -2.43.